The van der Waals surface area contributed by atoms with E-state index in [-0.39, 0.29) is 10.5 Å². The molecule has 1 aromatic rings. The van der Waals surface area contributed by atoms with Gasteiger partial charge in [-0.2, -0.15) is 0 Å². The number of nitrogens with zero attached hydrogens (tertiary/aromatic N) is 1. The number of benzene rings is 1. The molecule has 21 heavy (non-hydrogen) atoms. The Bertz CT molecular complexity index is 740. The van der Waals surface area contributed by atoms with Gasteiger partial charge in [-0.1, -0.05) is 18.2 Å². The van der Waals surface area contributed by atoms with Crippen LogP contribution < -0.4 is 10.2 Å². The van der Waals surface area contributed by atoms with Crippen molar-refractivity contribution < 1.29 is 24.3 Å². The van der Waals surface area contributed by atoms with Gasteiger partial charge in [-0.3, -0.25) is 29.4 Å². The number of carbonyl (C=O) groups is 4. The van der Waals surface area contributed by atoms with Crippen LogP contribution in [0.3, 0.4) is 0 Å². The molecule has 2 N–H and O–H groups in total. The van der Waals surface area contributed by atoms with E-state index in [1.165, 1.54) is 0 Å². The number of amides is 3. The molecule has 0 radical (unpaired) electrons. The van der Waals surface area contributed by atoms with Gasteiger partial charge in [-0.25, -0.2) is 0 Å². The maximum Gasteiger partial charge on any atom is 0.323 e. The number of carboxylic acid groups (broad SMARTS) is 1. The van der Waals surface area contributed by atoms with Gasteiger partial charge in [0.1, 0.15) is 6.54 Å². The number of thioether (sulfide) groups is 1. The van der Waals surface area contributed by atoms with Crippen LogP contribution in [-0.4, -0.2) is 34.7 Å². The van der Waals surface area contributed by atoms with Crippen molar-refractivity contribution in [1.29, 1.82) is 0 Å². The highest BCUT2D eigenvalue weighted by Crippen LogP contribution is 2.42. The summed E-state index contributed by atoms with van der Waals surface area (Å²) in [4.78, 5) is 47.5. The van der Waals surface area contributed by atoms with Crippen molar-refractivity contribution >= 4 is 46.0 Å². The summed E-state index contributed by atoms with van der Waals surface area (Å²) in [7, 11) is 0. The van der Waals surface area contributed by atoms with Crippen molar-refractivity contribution in [1.82, 2.24) is 5.32 Å². The number of hydrogen-bond acceptors (Lipinski definition) is 5. The zero-order chi connectivity index (χ0) is 15.1. The minimum atomic E-state index is -1.16. The summed E-state index contributed by atoms with van der Waals surface area (Å²) >= 11 is 0.644. The van der Waals surface area contributed by atoms with Gasteiger partial charge in [0.05, 0.1) is 16.2 Å². The number of carboxylic acids is 1. The molecule has 0 saturated carbocycles. The van der Waals surface area contributed by atoms with Crippen molar-refractivity contribution in [2.24, 2.45) is 0 Å². The molecule has 8 heteroatoms. The summed E-state index contributed by atoms with van der Waals surface area (Å²) in [5, 5.41) is 10.5. The summed E-state index contributed by atoms with van der Waals surface area (Å²) in [5.74, 6) is -2.39. The van der Waals surface area contributed by atoms with E-state index in [4.69, 9.17) is 5.11 Å². The second-order valence-corrected chi connectivity index (χ2v) is 5.33. The lowest BCUT2D eigenvalue weighted by Gasteiger charge is -2.13. The molecule has 3 rings (SSSR count). The monoisotopic (exact) mass is 304 g/mol. The van der Waals surface area contributed by atoms with Crippen LogP contribution in [0.25, 0.3) is 5.57 Å². The van der Waals surface area contributed by atoms with Crippen molar-refractivity contribution in [3.05, 3.63) is 34.7 Å². The van der Waals surface area contributed by atoms with Crippen LogP contribution in [0.4, 0.5) is 10.5 Å². The molecule has 2 aliphatic rings. The molecule has 2 heterocycles. The van der Waals surface area contributed by atoms with Gasteiger partial charge in [-0.05, 0) is 17.8 Å². The average Bonchev–Trinajstić information content (AvgIpc) is 2.88. The van der Waals surface area contributed by atoms with E-state index in [9.17, 15) is 19.2 Å². The summed E-state index contributed by atoms with van der Waals surface area (Å²) in [6, 6.07) is 6.56. The maximum absolute atomic E-state index is 12.4. The van der Waals surface area contributed by atoms with Gasteiger partial charge in [0, 0.05) is 5.56 Å². The molecule has 1 fully saturated rings. The fourth-order valence-corrected chi connectivity index (χ4v) is 3.04. The molecule has 2 aliphatic heterocycles. The number of carbonyl (C=O) groups excluding carboxylic acids is 3. The molecular formula is C13H8N2O5S. The third-order valence-corrected chi connectivity index (χ3v) is 3.94. The molecule has 7 nitrogen and oxygen atoms in total. The minimum absolute atomic E-state index is 0.00494. The molecule has 1 saturated heterocycles. The van der Waals surface area contributed by atoms with Gasteiger partial charge in [-0.15, -0.1) is 0 Å². The van der Waals surface area contributed by atoms with Crippen LogP contribution in [0, 0.1) is 0 Å². The smallest absolute Gasteiger partial charge is 0.323 e. The van der Waals surface area contributed by atoms with E-state index in [1.807, 2.05) is 0 Å². The number of fused-ring (bicyclic) bond motifs is 1. The van der Waals surface area contributed by atoms with Gasteiger partial charge in [0.25, 0.3) is 17.1 Å². The van der Waals surface area contributed by atoms with Crippen molar-refractivity contribution in [3.8, 4) is 0 Å². The first-order chi connectivity index (χ1) is 9.99. The fraction of sp³-hybridized carbons (Fsp3) is 0.0769. The molecular weight excluding hydrogens is 296 g/mol. The van der Waals surface area contributed by atoms with Gasteiger partial charge in [0.15, 0.2) is 0 Å². The molecule has 1 aromatic carbocycles. The average molecular weight is 304 g/mol. The van der Waals surface area contributed by atoms with Crippen molar-refractivity contribution in [2.75, 3.05) is 11.4 Å². The quantitative estimate of drug-likeness (QED) is 0.784. The zero-order valence-electron chi connectivity index (χ0n) is 10.5. The molecule has 106 valence electrons. The second-order valence-electron chi connectivity index (χ2n) is 4.35. The number of para-hydroxylation sites is 1. The first kappa shape index (κ1) is 13.4. The summed E-state index contributed by atoms with van der Waals surface area (Å²) in [5.41, 5.74) is 0.941. The molecule has 0 bridgehead atoms. The number of aliphatic carboxylic acids is 1. The molecule has 0 unspecified atom stereocenters. The summed E-state index contributed by atoms with van der Waals surface area (Å²) < 4.78 is 0. The van der Waals surface area contributed by atoms with E-state index in [0.717, 1.165) is 4.90 Å². The number of nitrogens with one attached hydrogen (secondary N) is 1. The number of anilines is 1. The normalized spacial score (nSPS) is 20.8. The molecule has 0 spiro atoms. The molecule has 0 atom stereocenters. The lowest BCUT2D eigenvalue weighted by atomic mass is 10.1. The minimum Gasteiger partial charge on any atom is -0.480 e. The van der Waals surface area contributed by atoms with Crippen molar-refractivity contribution in [2.45, 2.75) is 0 Å². The molecule has 0 aromatic heterocycles. The Kier molecular flexibility index (Phi) is 3.02. The van der Waals surface area contributed by atoms with Crippen LogP contribution in [0.2, 0.25) is 0 Å². The van der Waals surface area contributed by atoms with Crippen molar-refractivity contribution in [3.63, 3.8) is 0 Å². The Morgan fingerprint density at radius 3 is 2.57 bits per heavy atom. The Hall–Kier alpha value is -2.61. The third kappa shape index (κ3) is 2.09. The Morgan fingerprint density at radius 2 is 1.95 bits per heavy atom. The molecule has 0 aliphatic carbocycles. The third-order valence-electron chi connectivity index (χ3n) is 3.06. The predicted octanol–water partition coefficient (Wildman–Crippen LogP) is 0.812. The van der Waals surface area contributed by atoms with E-state index >= 15 is 0 Å². The van der Waals surface area contributed by atoms with Gasteiger partial charge in [0.2, 0.25) is 0 Å². The van der Waals surface area contributed by atoms with Crippen LogP contribution >= 0.6 is 11.8 Å². The first-order valence-corrected chi connectivity index (χ1v) is 6.71. The largest absolute Gasteiger partial charge is 0.480 e. The number of rotatable bonds is 2. The Morgan fingerprint density at radius 1 is 1.24 bits per heavy atom. The fourth-order valence-electron chi connectivity index (χ4n) is 2.27. The first-order valence-electron chi connectivity index (χ1n) is 5.89. The van der Waals surface area contributed by atoms with E-state index in [0.29, 0.717) is 23.0 Å². The van der Waals surface area contributed by atoms with Gasteiger partial charge < -0.3 is 5.11 Å². The highest BCUT2D eigenvalue weighted by atomic mass is 32.2. The van der Waals surface area contributed by atoms with E-state index in [1.54, 1.807) is 24.3 Å². The lowest BCUT2D eigenvalue weighted by Crippen LogP contribution is -2.32. The van der Waals surface area contributed by atoms with E-state index in [2.05, 4.69) is 5.32 Å². The zero-order valence-corrected chi connectivity index (χ0v) is 11.3. The van der Waals surface area contributed by atoms with E-state index < -0.39 is 29.6 Å². The SMILES string of the molecule is O=C(O)CN1C(=O)/C(=C2/SC(=O)NC2=O)c2ccccc21. The summed E-state index contributed by atoms with van der Waals surface area (Å²) in [6.07, 6.45) is 0. The van der Waals surface area contributed by atoms with Crippen LogP contribution in [0.5, 0.6) is 0 Å². The Balaban J connectivity index is 2.18. The topological polar surface area (TPSA) is 104 Å². The number of imide groups is 1. The van der Waals surface area contributed by atoms with Gasteiger partial charge >= 0.3 is 5.97 Å². The summed E-state index contributed by atoms with van der Waals surface area (Å²) in [6.45, 7) is -0.507. The van der Waals surface area contributed by atoms with Crippen LogP contribution in [0.1, 0.15) is 5.56 Å². The number of hydrogen-bond donors (Lipinski definition) is 2. The van der Waals surface area contributed by atoms with Crippen LogP contribution in [-0.2, 0) is 14.4 Å². The van der Waals surface area contributed by atoms with Crippen LogP contribution in [0.15, 0.2) is 29.2 Å². The Labute approximate surface area is 122 Å². The highest BCUT2D eigenvalue weighted by Gasteiger charge is 2.40. The highest BCUT2D eigenvalue weighted by molar-refractivity contribution is 8.18. The predicted molar refractivity (Wildman–Crippen MR) is 74.5 cm³/mol. The standard InChI is InChI=1S/C13H8N2O5S/c16-8(17)5-15-7-4-2-1-3-6(7)9(12(15)19)10-11(18)14-13(20)21-10/h1-4H,5H2,(H,16,17)(H,14,18,20)/b10-9+. The lowest BCUT2D eigenvalue weighted by molar-refractivity contribution is -0.136. The second kappa shape index (κ2) is 4.74. The maximum atomic E-state index is 12.4. The molecule has 3 amide bonds.